The smallest absolute Gasteiger partial charge is 0.220 e. The number of carbonyl (C=O) groups is 1. The summed E-state index contributed by atoms with van der Waals surface area (Å²) in [6, 6.07) is 0. The van der Waals surface area contributed by atoms with Crippen LogP contribution >= 0.6 is 0 Å². The van der Waals surface area contributed by atoms with Gasteiger partial charge in [0.2, 0.25) is 5.91 Å². The van der Waals surface area contributed by atoms with Gasteiger partial charge in [-0.2, -0.15) is 0 Å². The third-order valence-corrected chi connectivity index (χ3v) is 3.52. The monoisotopic (exact) mass is 212 g/mol. The molecule has 0 aromatic heterocycles. The summed E-state index contributed by atoms with van der Waals surface area (Å²) in [4.78, 5) is 11.5. The van der Waals surface area contributed by atoms with Crippen LogP contribution in [-0.2, 0) is 4.79 Å². The van der Waals surface area contributed by atoms with E-state index in [0.717, 1.165) is 19.4 Å². The first kappa shape index (κ1) is 12.5. The van der Waals surface area contributed by atoms with Crippen molar-refractivity contribution in [1.82, 2.24) is 5.32 Å². The van der Waals surface area contributed by atoms with E-state index in [-0.39, 0.29) is 11.3 Å². The molecule has 0 saturated heterocycles. The van der Waals surface area contributed by atoms with Crippen LogP contribution in [0.25, 0.3) is 0 Å². The van der Waals surface area contributed by atoms with Gasteiger partial charge in [0.05, 0.1) is 0 Å². The molecule has 15 heavy (non-hydrogen) atoms. The molecule has 0 heterocycles. The van der Waals surface area contributed by atoms with Gasteiger partial charge in [0.25, 0.3) is 0 Å². The molecule has 1 rings (SSSR count). The zero-order valence-corrected chi connectivity index (χ0v) is 9.85. The molecule has 1 amide bonds. The second-order valence-electron chi connectivity index (χ2n) is 4.79. The summed E-state index contributed by atoms with van der Waals surface area (Å²) in [5, 5.41) is 3.02. The molecule has 0 aromatic carbocycles. The van der Waals surface area contributed by atoms with E-state index in [1.807, 2.05) is 0 Å². The van der Waals surface area contributed by atoms with Crippen molar-refractivity contribution in [3.8, 4) is 0 Å². The van der Waals surface area contributed by atoms with Gasteiger partial charge in [-0.3, -0.25) is 4.79 Å². The van der Waals surface area contributed by atoms with Gasteiger partial charge >= 0.3 is 0 Å². The fourth-order valence-electron chi connectivity index (χ4n) is 2.04. The highest BCUT2D eigenvalue weighted by molar-refractivity contribution is 5.75. The minimum Gasteiger partial charge on any atom is -0.355 e. The van der Waals surface area contributed by atoms with Crippen LogP contribution in [0.5, 0.6) is 0 Å². The van der Waals surface area contributed by atoms with Crippen molar-refractivity contribution >= 4 is 5.91 Å². The predicted octanol–water partition coefficient (Wildman–Crippen LogP) is 1.81. The highest BCUT2D eigenvalue weighted by Gasteiger charge is 2.35. The standard InChI is InChI=1S/C12H24N2O/c1-2-3-4-6-11(15)14-10-12(9-13)7-5-8-12/h2-10,13H2,1H3,(H,14,15). The molecule has 0 atom stereocenters. The van der Waals surface area contributed by atoms with Crippen LogP contribution in [0, 0.1) is 5.41 Å². The van der Waals surface area contributed by atoms with E-state index < -0.39 is 0 Å². The number of unbranched alkanes of at least 4 members (excludes halogenated alkanes) is 2. The minimum absolute atomic E-state index is 0.197. The quantitative estimate of drug-likeness (QED) is 0.632. The Kier molecular flexibility index (Phi) is 5.09. The lowest BCUT2D eigenvalue weighted by Gasteiger charge is -2.41. The zero-order chi connectivity index (χ0) is 11.1. The summed E-state index contributed by atoms with van der Waals surface area (Å²) in [5.74, 6) is 0.197. The van der Waals surface area contributed by atoms with Crippen molar-refractivity contribution in [3.63, 3.8) is 0 Å². The topological polar surface area (TPSA) is 55.1 Å². The highest BCUT2D eigenvalue weighted by atomic mass is 16.1. The summed E-state index contributed by atoms with van der Waals surface area (Å²) in [5.41, 5.74) is 5.96. The third kappa shape index (κ3) is 3.82. The fourth-order valence-corrected chi connectivity index (χ4v) is 2.04. The van der Waals surface area contributed by atoms with Gasteiger partial charge in [-0.1, -0.05) is 26.2 Å². The van der Waals surface area contributed by atoms with Crippen LogP contribution in [-0.4, -0.2) is 19.0 Å². The Balaban J connectivity index is 2.10. The summed E-state index contributed by atoms with van der Waals surface area (Å²) < 4.78 is 0. The number of nitrogens with two attached hydrogens (primary N) is 1. The molecule has 0 bridgehead atoms. The van der Waals surface area contributed by atoms with E-state index in [4.69, 9.17) is 5.73 Å². The first-order valence-electron chi connectivity index (χ1n) is 6.19. The van der Waals surface area contributed by atoms with Crippen molar-refractivity contribution in [2.75, 3.05) is 13.1 Å². The Morgan fingerprint density at radius 2 is 2.13 bits per heavy atom. The maximum Gasteiger partial charge on any atom is 0.220 e. The zero-order valence-electron chi connectivity index (χ0n) is 9.85. The molecular formula is C12H24N2O. The molecule has 0 aliphatic heterocycles. The number of nitrogens with one attached hydrogen (secondary N) is 1. The molecule has 3 N–H and O–H groups in total. The molecule has 0 radical (unpaired) electrons. The van der Waals surface area contributed by atoms with E-state index in [2.05, 4.69) is 12.2 Å². The van der Waals surface area contributed by atoms with Gasteiger partial charge < -0.3 is 11.1 Å². The van der Waals surface area contributed by atoms with Crippen LogP contribution in [0.1, 0.15) is 51.9 Å². The lowest BCUT2D eigenvalue weighted by Crippen LogP contribution is -2.46. The Morgan fingerprint density at radius 1 is 1.40 bits per heavy atom. The van der Waals surface area contributed by atoms with Gasteiger partial charge in [0.15, 0.2) is 0 Å². The number of rotatable bonds is 7. The lowest BCUT2D eigenvalue weighted by atomic mass is 9.69. The van der Waals surface area contributed by atoms with Crippen molar-refractivity contribution < 1.29 is 4.79 Å². The Bertz CT molecular complexity index is 194. The van der Waals surface area contributed by atoms with E-state index >= 15 is 0 Å². The van der Waals surface area contributed by atoms with Crippen LogP contribution in [0.4, 0.5) is 0 Å². The summed E-state index contributed by atoms with van der Waals surface area (Å²) >= 11 is 0. The van der Waals surface area contributed by atoms with Gasteiger partial charge in [0.1, 0.15) is 0 Å². The van der Waals surface area contributed by atoms with Crippen molar-refractivity contribution in [3.05, 3.63) is 0 Å². The molecule has 1 saturated carbocycles. The molecule has 1 fully saturated rings. The molecule has 88 valence electrons. The van der Waals surface area contributed by atoms with Crippen LogP contribution in [0.15, 0.2) is 0 Å². The largest absolute Gasteiger partial charge is 0.355 e. The molecule has 1 aliphatic rings. The maximum atomic E-state index is 11.5. The summed E-state index contributed by atoms with van der Waals surface area (Å²) in [6.07, 6.45) is 7.63. The lowest BCUT2D eigenvalue weighted by molar-refractivity contribution is -0.122. The van der Waals surface area contributed by atoms with Gasteiger partial charge in [-0.15, -0.1) is 0 Å². The Hall–Kier alpha value is -0.570. The van der Waals surface area contributed by atoms with Crippen molar-refractivity contribution in [2.45, 2.75) is 51.9 Å². The van der Waals surface area contributed by atoms with E-state index in [1.165, 1.54) is 25.7 Å². The average molecular weight is 212 g/mol. The van der Waals surface area contributed by atoms with Gasteiger partial charge in [-0.25, -0.2) is 0 Å². The molecule has 3 nitrogen and oxygen atoms in total. The van der Waals surface area contributed by atoms with Crippen molar-refractivity contribution in [1.29, 1.82) is 0 Å². The Labute approximate surface area is 92.8 Å². The number of carbonyl (C=O) groups excluding carboxylic acids is 1. The number of hydrogen-bond donors (Lipinski definition) is 2. The van der Waals surface area contributed by atoms with Crippen LogP contribution in [0.2, 0.25) is 0 Å². The predicted molar refractivity (Wildman–Crippen MR) is 62.5 cm³/mol. The molecular weight excluding hydrogens is 188 g/mol. The van der Waals surface area contributed by atoms with E-state index in [1.54, 1.807) is 0 Å². The molecule has 3 heteroatoms. The van der Waals surface area contributed by atoms with Crippen LogP contribution < -0.4 is 11.1 Å². The molecule has 0 unspecified atom stereocenters. The Morgan fingerprint density at radius 3 is 2.60 bits per heavy atom. The third-order valence-electron chi connectivity index (χ3n) is 3.52. The SMILES string of the molecule is CCCCCC(=O)NCC1(CN)CCC1. The van der Waals surface area contributed by atoms with Gasteiger partial charge in [0, 0.05) is 13.0 Å². The summed E-state index contributed by atoms with van der Waals surface area (Å²) in [7, 11) is 0. The second-order valence-corrected chi connectivity index (χ2v) is 4.79. The van der Waals surface area contributed by atoms with E-state index in [0.29, 0.717) is 13.0 Å². The minimum atomic E-state index is 0.197. The highest BCUT2D eigenvalue weighted by Crippen LogP contribution is 2.39. The molecule has 0 aromatic rings. The number of amides is 1. The number of hydrogen-bond acceptors (Lipinski definition) is 2. The first-order valence-corrected chi connectivity index (χ1v) is 6.19. The molecule has 1 aliphatic carbocycles. The fraction of sp³-hybridized carbons (Fsp3) is 0.917. The second kappa shape index (κ2) is 6.11. The molecule has 0 spiro atoms. The first-order chi connectivity index (χ1) is 7.22. The van der Waals surface area contributed by atoms with Gasteiger partial charge in [-0.05, 0) is 31.2 Å². The van der Waals surface area contributed by atoms with Crippen molar-refractivity contribution in [2.24, 2.45) is 11.1 Å². The summed E-state index contributed by atoms with van der Waals surface area (Å²) in [6.45, 7) is 3.65. The van der Waals surface area contributed by atoms with Crippen LogP contribution in [0.3, 0.4) is 0 Å². The average Bonchev–Trinajstić information content (AvgIpc) is 2.17. The maximum absolute atomic E-state index is 11.5. The normalized spacial score (nSPS) is 18.3. The van der Waals surface area contributed by atoms with E-state index in [9.17, 15) is 4.79 Å².